The molecule has 1 aromatic carbocycles. The molecule has 0 saturated heterocycles. The maximum Gasteiger partial charge on any atom is 0.0673 e. The van der Waals surface area contributed by atoms with E-state index in [-0.39, 0.29) is 6.04 Å². The van der Waals surface area contributed by atoms with Gasteiger partial charge in [0.1, 0.15) is 0 Å². The molecule has 108 valence electrons. The lowest BCUT2D eigenvalue weighted by molar-refractivity contribution is 0.603. The van der Waals surface area contributed by atoms with Crippen LogP contribution in [0.3, 0.4) is 0 Å². The van der Waals surface area contributed by atoms with E-state index in [1.165, 1.54) is 20.9 Å². The van der Waals surface area contributed by atoms with Crippen molar-refractivity contribution in [2.45, 2.75) is 40.2 Å². The Morgan fingerprint density at radius 1 is 1.15 bits per heavy atom. The van der Waals surface area contributed by atoms with Crippen LogP contribution >= 0.6 is 22.9 Å². The molecule has 1 atom stereocenters. The molecule has 0 aliphatic carbocycles. The van der Waals surface area contributed by atoms with Crippen molar-refractivity contribution in [1.82, 2.24) is 5.32 Å². The molecular formula is C17H22ClNS. The van der Waals surface area contributed by atoms with Crippen LogP contribution in [0.15, 0.2) is 24.3 Å². The van der Waals surface area contributed by atoms with Gasteiger partial charge in [-0.15, -0.1) is 11.3 Å². The fourth-order valence-corrected chi connectivity index (χ4v) is 3.70. The monoisotopic (exact) mass is 307 g/mol. The zero-order chi connectivity index (χ0) is 14.7. The first-order valence-corrected chi connectivity index (χ1v) is 8.28. The Balaban J connectivity index is 2.41. The minimum atomic E-state index is 0.268. The zero-order valence-corrected chi connectivity index (χ0v) is 14.2. The molecule has 0 bridgehead atoms. The van der Waals surface area contributed by atoms with Gasteiger partial charge in [-0.2, -0.15) is 0 Å². The average molecular weight is 308 g/mol. The Hall–Kier alpha value is -0.830. The molecule has 1 aromatic heterocycles. The average Bonchev–Trinajstić information content (AvgIpc) is 2.73. The minimum Gasteiger partial charge on any atom is -0.306 e. The maximum absolute atomic E-state index is 6.15. The van der Waals surface area contributed by atoms with Crippen molar-refractivity contribution in [1.29, 1.82) is 0 Å². The summed E-state index contributed by atoms with van der Waals surface area (Å²) in [7, 11) is 0. The highest BCUT2D eigenvalue weighted by Crippen LogP contribution is 2.33. The van der Waals surface area contributed by atoms with Crippen molar-refractivity contribution >= 4 is 22.9 Å². The number of nitrogens with one attached hydrogen (secondary N) is 1. The van der Waals surface area contributed by atoms with Gasteiger partial charge in [-0.05, 0) is 62.6 Å². The van der Waals surface area contributed by atoms with Crippen molar-refractivity contribution in [2.75, 3.05) is 6.54 Å². The SMILES string of the molecule is CCCNC(c1ccc(Cl)c(C)c1)c1sc(C)cc1C. The standard InChI is InChI=1S/C17H22ClNS/c1-5-8-19-16(17-12(3)9-13(4)20-17)14-6-7-15(18)11(2)10-14/h6-7,9-10,16,19H,5,8H2,1-4H3. The summed E-state index contributed by atoms with van der Waals surface area (Å²) in [6, 6.07) is 8.87. The van der Waals surface area contributed by atoms with Gasteiger partial charge in [0.15, 0.2) is 0 Å². The summed E-state index contributed by atoms with van der Waals surface area (Å²) in [5, 5.41) is 4.51. The predicted octanol–water partition coefficient (Wildman–Crippen LogP) is 5.42. The molecule has 0 aliphatic heterocycles. The van der Waals surface area contributed by atoms with E-state index in [4.69, 9.17) is 11.6 Å². The van der Waals surface area contributed by atoms with Gasteiger partial charge in [0.05, 0.1) is 6.04 Å². The smallest absolute Gasteiger partial charge is 0.0673 e. The first-order chi connectivity index (χ1) is 9.52. The molecule has 1 unspecified atom stereocenters. The number of halogens is 1. The number of hydrogen-bond acceptors (Lipinski definition) is 2. The van der Waals surface area contributed by atoms with Gasteiger partial charge in [-0.3, -0.25) is 0 Å². The summed E-state index contributed by atoms with van der Waals surface area (Å²) in [5.74, 6) is 0. The van der Waals surface area contributed by atoms with E-state index in [0.29, 0.717) is 0 Å². The quantitative estimate of drug-likeness (QED) is 0.778. The molecule has 0 aliphatic rings. The van der Waals surface area contributed by atoms with E-state index in [9.17, 15) is 0 Å². The number of thiophene rings is 1. The first-order valence-electron chi connectivity index (χ1n) is 7.09. The highest BCUT2D eigenvalue weighted by Gasteiger charge is 2.18. The Bertz CT molecular complexity index is 589. The number of benzene rings is 1. The summed E-state index contributed by atoms with van der Waals surface area (Å²) in [5.41, 5.74) is 3.80. The first kappa shape index (κ1) is 15.6. The van der Waals surface area contributed by atoms with Crippen molar-refractivity contribution in [3.63, 3.8) is 0 Å². The number of aryl methyl sites for hydroxylation is 3. The second-order valence-electron chi connectivity index (χ2n) is 5.30. The Labute approximate surface area is 131 Å². The lowest BCUT2D eigenvalue weighted by atomic mass is 10.0. The summed E-state index contributed by atoms with van der Waals surface area (Å²) in [4.78, 5) is 2.78. The summed E-state index contributed by atoms with van der Waals surface area (Å²) in [6.45, 7) is 9.65. The van der Waals surface area contributed by atoms with Crippen molar-refractivity contribution in [3.8, 4) is 0 Å². The second kappa shape index (κ2) is 6.75. The molecular weight excluding hydrogens is 286 g/mol. The van der Waals surface area contributed by atoms with Crippen molar-refractivity contribution in [2.24, 2.45) is 0 Å². The van der Waals surface area contributed by atoms with E-state index in [1.54, 1.807) is 0 Å². The molecule has 0 radical (unpaired) electrons. The van der Waals surface area contributed by atoms with E-state index >= 15 is 0 Å². The van der Waals surface area contributed by atoms with Gasteiger partial charge in [0.2, 0.25) is 0 Å². The molecule has 2 rings (SSSR count). The number of rotatable bonds is 5. The molecule has 0 spiro atoms. The summed E-state index contributed by atoms with van der Waals surface area (Å²) < 4.78 is 0. The second-order valence-corrected chi connectivity index (χ2v) is 7.00. The van der Waals surface area contributed by atoms with Gasteiger partial charge in [0, 0.05) is 14.8 Å². The Morgan fingerprint density at radius 3 is 2.45 bits per heavy atom. The van der Waals surface area contributed by atoms with Crippen LogP contribution in [0.1, 0.15) is 45.8 Å². The zero-order valence-electron chi connectivity index (χ0n) is 12.6. The fourth-order valence-electron chi connectivity index (χ4n) is 2.44. The van der Waals surface area contributed by atoms with Gasteiger partial charge >= 0.3 is 0 Å². The normalized spacial score (nSPS) is 12.7. The molecule has 1 N–H and O–H groups in total. The van der Waals surface area contributed by atoms with Crippen LogP contribution in [0.4, 0.5) is 0 Å². The van der Waals surface area contributed by atoms with E-state index in [1.807, 2.05) is 17.4 Å². The highest BCUT2D eigenvalue weighted by molar-refractivity contribution is 7.12. The van der Waals surface area contributed by atoms with E-state index in [0.717, 1.165) is 23.6 Å². The van der Waals surface area contributed by atoms with Crippen LogP contribution in [0.5, 0.6) is 0 Å². The third kappa shape index (κ3) is 3.43. The summed E-state index contributed by atoms with van der Waals surface area (Å²) >= 11 is 8.04. The Kier molecular flexibility index (Phi) is 5.25. The predicted molar refractivity (Wildman–Crippen MR) is 90.1 cm³/mol. The maximum atomic E-state index is 6.15. The molecule has 0 saturated carbocycles. The van der Waals surface area contributed by atoms with Crippen LogP contribution in [0, 0.1) is 20.8 Å². The minimum absolute atomic E-state index is 0.268. The van der Waals surface area contributed by atoms with E-state index < -0.39 is 0 Å². The third-order valence-electron chi connectivity index (χ3n) is 3.46. The lowest BCUT2D eigenvalue weighted by Gasteiger charge is -2.20. The highest BCUT2D eigenvalue weighted by atomic mass is 35.5. The molecule has 20 heavy (non-hydrogen) atoms. The molecule has 1 nitrogen and oxygen atoms in total. The van der Waals surface area contributed by atoms with Crippen molar-refractivity contribution in [3.05, 3.63) is 55.7 Å². The van der Waals surface area contributed by atoms with Gasteiger partial charge in [-0.1, -0.05) is 30.7 Å². The van der Waals surface area contributed by atoms with E-state index in [2.05, 4.69) is 51.2 Å². The third-order valence-corrected chi connectivity index (χ3v) is 5.10. The Morgan fingerprint density at radius 2 is 1.90 bits per heavy atom. The molecule has 0 amide bonds. The van der Waals surface area contributed by atoms with Gasteiger partial charge in [-0.25, -0.2) is 0 Å². The van der Waals surface area contributed by atoms with Crippen LogP contribution in [0.2, 0.25) is 5.02 Å². The molecule has 2 aromatic rings. The van der Waals surface area contributed by atoms with Crippen molar-refractivity contribution < 1.29 is 0 Å². The molecule has 0 fully saturated rings. The van der Waals surface area contributed by atoms with Crippen LogP contribution in [-0.4, -0.2) is 6.54 Å². The lowest BCUT2D eigenvalue weighted by Crippen LogP contribution is -2.23. The van der Waals surface area contributed by atoms with Gasteiger partial charge < -0.3 is 5.32 Å². The summed E-state index contributed by atoms with van der Waals surface area (Å²) in [6.07, 6.45) is 1.13. The fraction of sp³-hybridized carbons (Fsp3) is 0.412. The molecule has 3 heteroatoms. The largest absolute Gasteiger partial charge is 0.306 e. The molecule has 1 heterocycles. The van der Waals surface area contributed by atoms with Crippen LogP contribution in [-0.2, 0) is 0 Å². The topological polar surface area (TPSA) is 12.0 Å². The number of hydrogen-bond donors (Lipinski definition) is 1. The van der Waals surface area contributed by atoms with Crippen LogP contribution < -0.4 is 5.32 Å². The van der Waals surface area contributed by atoms with Crippen LogP contribution in [0.25, 0.3) is 0 Å². The van der Waals surface area contributed by atoms with Gasteiger partial charge in [0.25, 0.3) is 0 Å².